The predicted molar refractivity (Wildman–Crippen MR) is 96.4 cm³/mol. The van der Waals surface area contributed by atoms with Gasteiger partial charge in [0.1, 0.15) is 5.69 Å². The number of aromatic nitrogens is 1. The third-order valence-corrected chi connectivity index (χ3v) is 3.98. The van der Waals surface area contributed by atoms with Crippen molar-refractivity contribution in [3.8, 4) is 0 Å². The van der Waals surface area contributed by atoms with E-state index in [1.165, 1.54) is 6.92 Å². The van der Waals surface area contributed by atoms with Crippen molar-refractivity contribution >= 4 is 34.1 Å². The minimum atomic E-state index is -0.187. The molecule has 0 fully saturated rings. The SMILES string of the molecule is CC(=O)Nc1cccc(NC(=O)c2cc3c(C)cccc3n2C)c1. The van der Waals surface area contributed by atoms with Gasteiger partial charge in [0.15, 0.2) is 0 Å². The van der Waals surface area contributed by atoms with Crippen molar-refractivity contribution < 1.29 is 9.59 Å². The van der Waals surface area contributed by atoms with Crippen LogP contribution in [0.15, 0.2) is 48.5 Å². The number of benzene rings is 2. The lowest BCUT2D eigenvalue weighted by molar-refractivity contribution is -0.114. The van der Waals surface area contributed by atoms with Gasteiger partial charge in [-0.3, -0.25) is 9.59 Å². The molecule has 1 aromatic heterocycles. The number of carbonyl (C=O) groups is 2. The quantitative estimate of drug-likeness (QED) is 0.772. The summed E-state index contributed by atoms with van der Waals surface area (Å²) in [6.07, 6.45) is 0. The summed E-state index contributed by atoms with van der Waals surface area (Å²) in [6.45, 7) is 3.48. The Morgan fingerprint density at radius 1 is 0.958 bits per heavy atom. The Kier molecular flexibility index (Phi) is 4.08. The van der Waals surface area contributed by atoms with Crippen molar-refractivity contribution in [2.24, 2.45) is 7.05 Å². The minimum absolute atomic E-state index is 0.150. The van der Waals surface area contributed by atoms with Crippen LogP contribution in [0.2, 0.25) is 0 Å². The fraction of sp³-hybridized carbons (Fsp3) is 0.158. The molecule has 0 aliphatic heterocycles. The molecule has 5 heteroatoms. The van der Waals surface area contributed by atoms with Crippen LogP contribution < -0.4 is 10.6 Å². The number of nitrogens with zero attached hydrogens (tertiary/aromatic N) is 1. The average Bonchev–Trinajstić information content (AvgIpc) is 2.86. The van der Waals surface area contributed by atoms with Gasteiger partial charge in [0.2, 0.25) is 5.91 Å². The molecule has 0 aliphatic rings. The Morgan fingerprint density at radius 3 is 2.29 bits per heavy atom. The second kappa shape index (κ2) is 6.20. The summed E-state index contributed by atoms with van der Waals surface area (Å²) in [5.41, 5.74) is 4.02. The molecule has 0 atom stereocenters. The van der Waals surface area contributed by atoms with E-state index in [0.29, 0.717) is 17.1 Å². The number of anilines is 2. The topological polar surface area (TPSA) is 63.1 Å². The molecule has 2 N–H and O–H groups in total. The predicted octanol–water partition coefficient (Wildman–Crippen LogP) is 3.70. The molecule has 0 radical (unpaired) electrons. The molecule has 2 amide bonds. The molecular weight excluding hydrogens is 302 g/mol. The molecule has 0 bridgehead atoms. The van der Waals surface area contributed by atoms with E-state index in [9.17, 15) is 9.59 Å². The van der Waals surface area contributed by atoms with Gasteiger partial charge < -0.3 is 15.2 Å². The van der Waals surface area contributed by atoms with Crippen LogP contribution >= 0.6 is 0 Å². The third kappa shape index (κ3) is 3.01. The molecule has 122 valence electrons. The van der Waals surface area contributed by atoms with Gasteiger partial charge in [0.25, 0.3) is 5.91 Å². The van der Waals surface area contributed by atoms with Gasteiger partial charge in [-0.2, -0.15) is 0 Å². The highest BCUT2D eigenvalue weighted by Crippen LogP contribution is 2.23. The van der Waals surface area contributed by atoms with Crippen LogP contribution in [-0.2, 0) is 11.8 Å². The first-order valence-corrected chi connectivity index (χ1v) is 7.70. The number of fused-ring (bicyclic) bond motifs is 1. The molecule has 0 unspecified atom stereocenters. The van der Waals surface area contributed by atoms with E-state index < -0.39 is 0 Å². The molecule has 0 saturated heterocycles. The second-order valence-corrected chi connectivity index (χ2v) is 5.81. The summed E-state index contributed by atoms with van der Waals surface area (Å²) in [5.74, 6) is -0.337. The van der Waals surface area contributed by atoms with Crippen molar-refractivity contribution in [1.29, 1.82) is 0 Å². The van der Waals surface area contributed by atoms with E-state index in [0.717, 1.165) is 16.5 Å². The lowest BCUT2D eigenvalue weighted by Crippen LogP contribution is -2.15. The first-order valence-electron chi connectivity index (χ1n) is 7.70. The Balaban J connectivity index is 1.89. The summed E-state index contributed by atoms with van der Waals surface area (Å²) >= 11 is 0. The molecule has 5 nitrogen and oxygen atoms in total. The second-order valence-electron chi connectivity index (χ2n) is 5.81. The van der Waals surface area contributed by atoms with E-state index >= 15 is 0 Å². The van der Waals surface area contributed by atoms with Gasteiger partial charge in [-0.15, -0.1) is 0 Å². The van der Waals surface area contributed by atoms with E-state index in [1.807, 2.05) is 42.8 Å². The smallest absolute Gasteiger partial charge is 0.272 e. The Bertz CT molecular complexity index is 941. The molecule has 3 aromatic rings. The maximum atomic E-state index is 12.6. The highest BCUT2D eigenvalue weighted by Gasteiger charge is 2.14. The van der Waals surface area contributed by atoms with E-state index in [1.54, 1.807) is 24.3 Å². The number of amides is 2. The number of carbonyl (C=O) groups excluding carboxylic acids is 2. The van der Waals surface area contributed by atoms with Crippen molar-refractivity contribution in [3.63, 3.8) is 0 Å². The van der Waals surface area contributed by atoms with Crippen LogP contribution in [0.5, 0.6) is 0 Å². The lowest BCUT2D eigenvalue weighted by atomic mass is 10.1. The molecular formula is C19H19N3O2. The summed E-state index contributed by atoms with van der Waals surface area (Å²) < 4.78 is 1.88. The minimum Gasteiger partial charge on any atom is -0.340 e. The average molecular weight is 321 g/mol. The number of aryl methyl sites for hydroxylation is 2. The fourth-order valence-corrected chi connectivity index (χ4v) is 2.80. The van der Waals surface area contributed by atoms with Crippen LogP contribution in [0.25, 0.3) is 10.9 Å². The summed E-state index contributed by atoms with van der Waals surface area (Å²) in [7, 11) is 1.88. The first kappa shape index (κ1) is 15.8. The maximum Gasteiger partial charge on any atom is 0.272 e. The van der Waals surface area contributed by atoms with Crippen molar-refractivity contribution in [2.75, 3.05) is 10.6 Å². The highest BCUT2D eigenvalue weighted by atomic mass is 16.2. The molecule has 0 saturated carbocycles. The molecule has 0 aliphatic carbocycles. The van der Waals surface area contributed by atoms with Crippen LogP contribution in [0, 0.1) is 6.92 Å². The maximum absolute atomic E-state index is 12.6. The number of nitrogens with one attached hydrogen (secondary N) is 2. The molecule has 2 aromatic carbocycles. The van der Waals surface area contributed by atoms with Crippen molar-refractivity contribution in [3.05, 3.63) is 59.8 Å². The van der Waals surface area contributed by atoms with Gasteiger partial charge >= 0.3 is 0 Å². The van der Waals surface area contributed by atoms with E-state index in [-0.39, 0.29) is 11.8 Å². The van der Waals surface area contributed by atoms with Gasteiger partial charge in [0, 0.05) is 36.2 Å². The summed E-state index contributed by atoms with van der Waals surface area (Å²) in [5, 5.41) is 6.65. The number of rotatable bonds is 3. The van der Waals surface area contributed by atoms with Crippen LogP contribution in [0.1, 0.15) is 23.0 Å². The Hall–Kier alpha value is -3.08. The van der Waals surface area contributed by atoms with Crippen LogP contribution in [0.4, 0.5) is 11.4 Å². The Morgan fingerprint density at radius 2 is 1.62 bits per heavy atom. The van der Waals surface area contributed by atoms with Crippen LogP contribution in [-0.4, -0.2) is 16.4 Å². The fourth-order valence-electron chi connectivity index (χ4n) is 2.80. The molecule has 0 spiro atoms. The molecule has 24 heavy (non-hydrogen) atoms. The largest absolute Gasteiger partial charge is 0.340 e. The Labute approximate surface area is 140 Å². The summed E-state index contributed by atoms with van der Waals surface area (Å²) in [6, 6.07) is 15.0. The van der Waals surface area contributed by atoms with Gasteiger partial charge in [-0.1, -0.05) is 18.2 Å². The van der Waals surface area contributed by atoms with Gasteiger partial charge in [0.05, 0.1) is 0 Å². The lowest BCUT2D eigenvalue weighted by Gasteiger charge is -2.08. The van der Waals surface area contributed by atoms with Gasteiger partial charge in [-0.05, 0) is 42.8 Å². The summed E-state index contributed by atoms with van der Waals surface area (Å²) in [4.78, 5) is 23.8. The third-order valence-electron chi connectivity index (χ3n) is 3.98. The zero-order valence-corrected chi connectivity index (χ0v) is 13.9. The zero-order chi connectivity index (χ0) is 17.3. The van der Waals surface area contributed by atoms with Crippen molar-refractivity contribution in [1.82, 2.24) is 4.57 Å². The van der Waals surface area contributed by atoms with E-state index in [4.69, 9.17) is 0 Å². The highest BCUT2D eigenvalue weighted by molar-refractivity contribution is 6.07. The van der Waals surface area contributed by atoms with Crippen LogP contribution in [0.3, 0.4) is 0 Å². The number of hydrogen-bond donors (Lipinski definition) is 2. The normalized spacial score (nSPS) is 10.6. The standard InChI is InChI=1S/C19H19N3O2/c1-12-6-4-9-17-16(12)11-18(22(17)3)19(24)21-15-8-5-7-14(10-15)20-13(2)23/h4-11H,1-3H3,(H,20,23)(H,21,24). The number of hydrogen-bond acceptors (Lipinski definition) is 2. The van der Waals surface area contributed by atoms with Gasteiger partial charge in [-0.25, -0.2) is 0 Å². The van der Waals surface area contributed by atoms with Crippen molar-refractivity contribution in [2.45, 2.75) is 13.8 Å². The first-order chi connectivity index (χ1) is 11.5. The monoisotopic (exact) mass is 321 g/mol. The molecule has 1 heterocycles. The zero-order valence-electron chi connectivity index (χ0n) is 13.9. The van der Waals surface area contributed by atoms with E-state index in [2.05, 4.69) is 10.6 Å². The molecule has 3 rings (SSSR count).